The SMILES string of the molecule is N#C[C@@H](C1=[NH+]CCC1)c1nnc2n1CCCCC2. The van der Waals surface area contributed by atoms with E-state index >= 15 is 0 Å². The van der Waals surface area contributed by atoms with E-state index in [4.69, 9.17) is 0 Å². The molecule has 1 aromatic heterocycles. The van der Waals surface area contributed by atoms with Gasteiger partial charge in [0.2, 0.25) is 0 Å². The van der Waals surface area contributed by atoms with Gasteiger partial charge in [0.05, 0.1) is 6.07 Å². The summed E-state index contributed by atoms with van der Waals surface area (Å²) in [5, 5.41) is 18.0. The summed E-state index contributed by atoms with van der Waals surface area (Å²) in [7, 11) is 0. The minimum atomic E-state index is -0.230. The van der Waals surface area contributed by atoms with Crippen LogP contribution < -0.4 is 4.99 Å². The summed E-state index contributed by atoms with van der Waals surface area (Å²) in [6.45, 7) is 1.94. The topological polar surface area (TPSA) is 68.5 Å². The van der Waals surface area contributed by atoms with Gasteiger partial charge in [-0.2, -0.15) is 5.26 Å². The standard InChI is InChI=1S/C13H17N5/c14-9-10(11-5-4-7-15-11)13-17-16-12-6-2-1-3-8-18(12)13/h10H,1-8H2/p+1/t10-/m0/s1. The van der Waals surface area contributed by atoms with Gasteiger partial charge in [-0.3, -0.25) is 0 Å². The van der Waals surface area contributed by atoms with Crippen molar-refractivity contribution in [3.05, 3.63) is 11.6 Å². The lowest BCUT2D eigenvalue weighted by atomic mass is 10.0. The summed E-state index contributed by atoms with van der Waals surface area (Å²) in [4.78, 5) is 3.33. The number of nitrogens with zero attached hydrogens (tertiary/aromatic N) is 4. The zero-order chi connectivity index (χ0) is 12.4. The highest BCUT2D eigenvalue weighted by atomic mass is 15.3. The molecular formula is C13H18N5+. The number of nitrogens with one attached hydrogen (secondary N) is 1. The monoisotopic (exact) mass is 244 g/mol. The van der Waals surface area contributed by atoms with Gasteiger partial charge in [-0.05, 0) is 12.8 Å². The van der Waals surface area contributed by atoms with Crippen molar-refractivity contribution >= 4 is 5.71 Å². The summed E-state index contributed by atoms with van der Waals surface area (Å²) in [5.41, 5.74) is 1.12. The lowest BCUT2D eigenvalue weighted by Gasteiger charge is -2.09. The van der Waals surface area contributed by atoms with E-state index in [0.29, 0.717) is 0 Å². The molecule has 0 saturated carbocycles. The van der Waals surface area contributed by atoms with Gasteiger partial charge < -0.3 is 4.57 Å². The van der Waals surface area contributed by atoms with Crippen LogP contribution in [0.25, 0.3) is 0 Å². The Morgan fingerprint density at radius 2 is 2.11 bits per heavy atom. The molecule has 0 saturated heterocycles. The molecule has 2 aliphatic rings. The Kier molecular flexibility index (Phi) is 3.09. The molecule has 0 amide bonds. The fraction of sp³-hybridized carbons (Fsp3) is 0.692. The van der Waals surface area contributed by atoms with Crippen LogP contribution in [0.15, 0.2) is 0 Å². The molecule has 0 aromatic carbocycles. The molecule has 0 bridgehead atoms. The molecule has 0 aliphatic carbocycles. The third-order valence-electron chi connectivity index (χ3n) is 3.85. The average molecular weight is 244 g/mol. The molecule has 1 N–H and O–H groups in total. The Balaban J connectivity index is 1.96. The lowest BCUT2D eigenvalue weighted by Crippen LogP contribution is -2.70. The highest BCUT2D eigenvalue weighted by Crippen LogP contribution is 2.21. The zero-order valence-electron chi connectivity index (χ0n) is 10.5. The molecule has 0 unspecified atom stereocenters. The Morgan fingerprint density at radius 1 is 1.17 bits per heavy atom. The van der Waals surface area contributed by atoms with E-state index in [1.807, 2.05) is 0 Å². The number of nitriles is 1. The van der Waals surface area contributed by atoms with E-state index in [1.165, 1.54) is 19.3 Å². The molecule has 3 rings (SSSR count). The number of fused-ring (bicyclic) bond motifs is 1. The first-order chi connectivity index (χ1) is 8.90. The van der Waals surface area contributed by atoms with E-state index in [1.54, 1.807) is 0 Å². The first kappa shape index (κ1) is 11.4. The number of aryl methyl sites for hydroxylation is 1. The van der Waals surface area contributed by atoms with E-state index in [9.17, 15) is 5.26 Å². The predicted octanol–water partition coefficient (Wildman–Crippen LogP) is -0.0729. The van der Waals surface area contributed by atoms with Crippen LogP contribution in [0.2, 0.25) is 0 Å². The highest BCUT2D eigenvalue weighted by Gasteiger charge is 2.31. The zero-order valence-corrected chi connectivity index (χ0v) is 10.5. The molecular weight excluding hydrogens is 226 g/mol. The second-order valence-electron chi connectivity index (χ2n) is 5.05. The van der Waals surface area contributed by atoms with Crippen molar-refractivity contribution in [3.63, 3.8) is 0 Å². The van der Waals surface area contributed by atoms with Crippen molar-refractivity contribution in [1.82, 2.24) is 14.8 Å². The van der Waals surface area contributed by atoms with Crippen molar-refractivity contribution < 1.29 is 4.99 Å². The number of hydrogen-bond acceptors (Lipinski definition) is 3. The predicted molar refractivity (Wildman–Crippen MR) is 66.0 cm³/mol. The lowest BCUT2D eigenvalue weighted by molar-refractivity contribution is -0.448. The van der Waals surface area contributed by atoms with Crippen LogP contribution in [-0.4, -0.2) is 27.0 Å². The third-order valence-corrected chi connectivity index (χ3v) is 3.85. The fourth-order valence-electron chi connectivity index (χ4n) is 2.88. The summed E-state index contributed by atoms with van der Waals surface area (Å²) in [5.74, 6) is 1.67. The molecule has 2 aliphatic heterocycles. The van der Waals surface area contributed by atoms with Crippen LogP contribution in [0, 0.1) is 11.3 Å². The maximum absolute atomic E-state index is 9.44. The summed E-state index contributed by atoms with van der Waals surface area (Å²) < 4.78 is 2.17. The van der Waals surface area contributed by atoms with Gasteiger partial charge in [0, 0.05) is 25.8 Å². The van der Waals surface area contributed by atoms with Gasteiger partial charge in [-0.25, -0.2) is 4.99 Å². The maximum atomic E-state index is 9.44. The second-order valence-corrected chi connectivity index (χ2v) is 5.05. The van der Waals surface area contributed by atoms with Crippen LogP contribution >= 0.6 is 0 Å². The van der Waals surface area contributed by atoms with Crippen LogP contribution in [0.3, 0.4) is 0 Å². The number of hydrogen-bond donors (Lipinski definition) is 1. The van der Waals surface area contributed by atoms with E-state index in [0.717, 1.165) is 49.7 Å². The Morgan fingerprint density at radius 3 is 2.89 bits per heavy atom. The number of aromatic nitrogens is 3. The maximum Gasteiger partial charge on any atom is 0.185 e. The van der Waals surface area contributed by atoms with E-state index < -0.39 is 0 Å². The van der Waals surface area contributed by atoms with Gasteiger partial charge in [-0.1, -0.05) is 6.42 Å². The van der Waals surface area contributed by atoms with Crippen LogP contribution in [0.5, 0.6) is 0 Å². The van der Waals surface area contributed by atoms with Crippen molar-refractivity contribution in [2.24, 2.45) is 0 Å². The molecule has 0 fully saturated rings. The summed E-state index contributed by atoms with van der Waals surface area (Å²) in [6, 6.07) is 2.39. The van der Waals surface area contributed by atoms with Gasteiger partial charge >= 0.3 is 0 Å². The minimum absolute atomic E-state index is 0.230. The third kappa shape index (κ3) is 1.92. The molecule has 94 valence electrons. The van der Waals surface area contributed by atoms with E-state index in [2.05, 4.69) is 25.8 Å². The molecule has 3 heterocycles. The molecule has 0 spiro atoms. The quantitative estimate of drug-likeness (QED) is 0.791. The summed E-state index contributed by atoms with van der Waals surface area (Å²) in [6.07, 6.45) is 6.70. The van der Waals surface area contributed by atoms with Gasteiger partial charge in [0.25, 0.3) is 0 Å². The van der Waals surface area contributed by atoms with Crippen molar-refractivity contribution in [1.29, 1.82) is 5.26 Å². The average Bonchev–Trinajstić information content (AvgIpc) is 2.98. The molecule has 18 heavy (non-hydrogen) atoms. The first-order valence-electron chi connectivity index (χ1n) is 6.81. The molecule has 1 aromatic rings. The van der Waals surface area contributed by atoms with Gasteiger partial charge in [0.15, 0.2) is 17.5 Å². The molecule has 0 radical (unpaired) electrons. The molecule has 5 nitrogen and oxygen atoms in total. The molecule has 5 heteroatoms. The van der Waals surface area contributed by atoms with Crippen molar-refractivity contribution in [3.8, 4) is 6.07 Å². The van der Waals surface area contributed by atoms with E-state index in [-0.39, 0.29) is 5.92 Å². The van der Waals surface area contributed by atoms with Crippen LogP contribution in [-0.2, 0) is 13.0 Å². The van der Waals surface area contributed by atoms with Crippen molar-refractivity contribution in [2.75, 3.05) is 6.54 Å². The highest BCUT2D eigenvalue weighted by molar-refractivity contribution is 5.88. The molecule has 1 atom stereocenters. The Labute approximate surface area is 107 Å². The fourth-order valence-corrected chi connectivity index (χ4v) is 2.88. The van der Waals surface area contributed by atoms with Gasteiger partial charge in [0.1, 0.15) is 12.4 Å². The second kappa shape index (κ2) is 4.89. The Hall–Kier alpha value is -1.70. The van der Waals surface area contributed by atoms with Gasteiger partial charge in [-0.15, -0.1) is 10.2 Å². The van der Waals surface area contributed by atoms with Crippen LogP contribution in [0.1, 0.15) is 49.7 Å². The smallest absolute Gasteiger partial charge is 0.185 e. The summed E-state index contributed by atoms with van der Waals surface area (Å²) >= 11 is 0. The largest absolute Gasteiger partial charge is 0.313 e. The minimum Gasteiger partial charge on any atom is -0.313 e. The first-order valence-corrected chi connectivity index (χ1v) is 6.81. The normalized spacial score (nSPS) is 20.7. The number of rotatable bonds is 2. The van der Waals surface area contributed by atoms with Crippen LogP contribution in [0.4, 0.5) is 0 Å². The Bertz CT molecular complexity index is 508. The van der Waals surface area contributed by atoms with Crippen molar-refractivity contribution in [2.45, 2.75) is 51.0 Å².